The van der Waals surface area contributed by atoms with Gasteiger partial charge in [-0.1, -0.05) is 6.92 Å². The lowest BCUT2D eigenvalue weighted by Crippen LogP contribution is -2.45. The first kappa shape index (κ1) is 15.4. The van der Waals surface area contributed by atoms with Crippen molar-refractivity contribution in [1.29, 1.82) is 0 Å². The summed E-state index contributed by atoms with van der Waals surface area (Å²) in [6.45, 7) is 4.58. The number of likely N-dealkylation sites (tertiary alicyclic amines) is 1. The van der Waals surface area contributed by atoms with Crippen LogP contribution in [0.5, 0.6) is 0 Å². The molecule has 0 aromatic heterocycles. The Labute approximate surface area is 121 Å². The van der Waals surface area contributed by atoms with E-state index in [0.29, 0.717) is 31.5 Å². The van der Waals surface area contributed by atoms with Crippen LogP contribution in [0.3, 0.4) is 0 Å². The molecule has 114 valence electrons. The summed E-state index contributed by atoms with van der Waals surface area (Å²) in [4.78, 5) is 27.2. The molecule has 0 aromatic carbocycles. The smallest absolute Gasteiger partial charge is 0.229 e. The summed E-state index contributed by atoms with van der Waals surface area (Å²) in [5, 5.41) is 0. The van der Waals surface area contributed by atoms with E-state index in [1.165, 1.54) is 4.90 Å². The van der Waals surface area contributed by atoms with Crippen molar-refractivity contribution >= 4 is 11.8 Å². The molecule has 1 saturated heterocycles. The third-order valence-electron chi connectivity index (χ3n) is 4.53. The van der Waals surface area contributed by atoms with Gasteiger partial charge in [-0.15, -0.1) is 0 Å². The second-order valence-electron chi connectivity index (χ2n) is 6.04. The molecule has 2 rings (SSSR count). The molecule has 0 radical (unpaired) electrons. The number of nitrogens with two attached hydrogens (primary N) is 1. The van der Waals surface area contributed by atoms with E-state index in [1.54, 1.807) is 0 Å². The van der Waals surface area contributed by atoms with Gasteiger partial charge >= 0.3 is 0 Å². The van der Waals surface area contributed by atoms with Crippen molar-refractivity contribution in [2.24, 2.45) is 5.73 Å². The standard InChI is InChI=1S/C15H27N3O2/c1-2-9-17(13-5-3-12(16)4-6-13)10-11-18-14(19)7-8-15(18)20/h12-13H,2-11,16H2,1H3. The summed E-state index contributed by atoms with van der Waals surface area (Å²) in [6, 6.07) is 0.930. The van der Waals surface area contributed by atoms with Gasteiger partial charge in [0, 0.05) is 38.0 Å². The number of rotatable bonds is 6. The van der Waals surface area contributed by atoms with Gasteiger partial charge in [0.25, 0.3) is 0 Å². The largest absolute Gasteiger partial charge is 0.328 e. The first-order valence-corrected chi connectivity index (χ1v) is 7.94. The highest BCUT2D eigenvalue weighted by molar-refractivity contribution is 6.01. The van der Waals surface area contributed by atoms with E-state index in [0.717, 1.165) is 45.2 Å². The molecule has 0 aromatic rings. The van der Waals surface area contributed by atoms with Gasteiger partial charge in [0.15, 0.2) is 0 Å². The minimum absolute atomic E-state index is 0.00267. The fourth-order valence-corrected chi connectivity index (χ4v) is 3.33. The van der Waals surface area contributed by atoms with Crippen LogP contribution >= 0.6 is 0 Å². The molecule has 2 amide bonds. The third-order valence-corrected chi connectivity index (χ3v) is 4.53. The van der Waals surface area contributed by atoms with Crippen LogP contribution < -0.4 is 5.73 Å². The predicted octanol–water partition coefficient (Wildman–Crippen LogP) is 1.12. The van der Waals surface area contributed by atoms with E-state index in [2.05, 4.69) is 11.8 Å². The Hall–Kier alpha value is -0.940. The van der Waals surface area contributed by atoms with E-state index in [9.17, 15) is 9.59 Å². The summed E-state index contributed by atoms with van der Waals surface area (Å²) in [6.07, 6.45) is 6.35. The van der Waals surface area contributed by atoms with Gasteiger partial charge in [0.1, 0.15) is 0 Å². The number of nitrogens with zero attached hydrogens (tertiary/aromatic N) is 2. The molecule has 2 fully saturated rings. The lowest BCUT2D eigenvalue weighted by atomic mass is 9.90. The van der Waals surface area contributed by atoms with Crippen molar-refractivity contribution in [3.8, 4) is 0 Å². The minimum atomic E-state index is -0.00267. The summed E-state index contributed by atoms with van der Waals surface area (Å²) >= 11 is 0. The van der Waals surface area contributed by atoms with Crippen LogP contribution in [0.25, 0.3) is 0 Å². The molecule has 1 saturated carbocycles. The predicted molar refractivity (Wildman–Crippen MR) is 78.0 cm³/mol. The van der Waals surface area contributed by atoms with Crippen LogP contribution in [0.1, 0.15) is 51.9 Å². The van der Waals surface area contributed by atoms with Gasteiger partial charge in [-0.25, -0.2) is 0 Å². The van der Waals surface area contributed by atoms with E-state index < -0.39 is 0 Å². The maximum Gasteiger partial charge on any atom is 0.229 e. The minimum Gasteiger partial charge on any atom is -0.328 e. The molecule has 1 aliphatic heterocycles. The quantitative estimate of drug-likeness (QED) is 0.741. The molecule has 2 N–H and O–H groups in total. The number of hydrogen-bond acceptors (Lipinski definition) is 4. The molecule has 0 atom stereocenters. The molecule has 1 aliphatic carbocycles. The molecule has 1 heterocycles. The van der Waals surface area contributed by atoms with Gasteiger partial charge in [-0.05, 0) is 38.6 Å². The maximum absolute atomic E-state index is 11.6. The van der Waals surface area contributed by atoms with Crippen LogP contribution in [0.4, 0.5) is 0 Å². The second kappa shape index (κ2) is 7.18. The van der Waals surface area contributed by atoms with Crippen molar-refractivity contribution in [3.05, 3.63) is 0 Å². The lowest BCUT2D eigenvalue weighted by Gasteiger charge is -2.36. The number of imide groups is 1. The zero-order valence-corrected chi connectivity index (χ0v) is 12.5. The molecule has 20 heavy (non-hydrogen) atoms. The van der Waals surface area contributed by atoms with Gasteiger partial charge in [-0.3, -0.25) is 19.4 Å². The van der Waals surface area contributed by atoms with Crippen molar-refractivity contribution < 1.29 is 9.59 Å². The maximum atomic E-state index is 11.6. The van der Waals surface area contributed by atoms with Gasteiger partial charge < -0.3 is 5.73 Å². The van der Waals surface area contributed by atoms with E-state index >= 15 is 0 Å². The van der Waals surface area contributed by atoms with Gasteiger partial charge in [0.05, 0.1) is 0 Å². The highest BCUT2D eigenvalue weighted by Gasteiger charge is 2.30. The number of hydrogen-bond donors (Lipinski definition) is 1. The topological polar surface area (TPSA) is 66.6 Å². The Morgan fingerprint density at radius 2 is 1.70 bits per heavy atom. The SMILES string of the molecule is CCCN(CCN1C(=O)CCC1=O)C1CCC(N)CC1. The molecule has 5 heteroatoms. The molecular formula is C15H27N3O2. The van der Waals surface area contributed by atoms with E-state index in [1.807, 2.05) is 0 Å². The molecular weight excluding hydrogens is 254 g/mol. The Balaban J connectivity index is 1.85. The first-order valence-electron chi connectivity index (χ1n) is 7.94. The lowest BCUT2D eigenvalue weighted by molar-refractivity contribution is -0.138. The van der Waals surface area contributed by atoms with E-state index in [4.69, 9.17) is 5.73 Å². The first-order chi connectivity index (χ1) is 9.61. The van der Waals surface area contributed by atoms with Crippen molar-refractivity contribution in [2.45, 2.75) is 64.0 Å². The molecule has 0 unspecified atom stereocenters. The molecule has 5 nitrogen and oxygen atoms in total. The molecule has 2 aliphatic rings. The van der Waals surface area contributed by atoms with Crippen LogP contribution in [-0.2, 0) is 9.59 Å². The Bertz CT molecular complexity index is 335. The average Bonchev–Trinajstić information content (AvgIpc) is 2.75. The van der Waals surface area contributed by atoms with Crippen LogP contribution in [-0.4, -0.2) is 53.3 Å². The molecule has 0 spiro atoms. The van der Waals surface area contributed by atoms with Gasteiger partial charge in [-0.2, -0.15) is 0 Å². The average molecular weight is 281 g/mol. The Morgan fingerprint density at radius 1 is 1.10 bits per heavy atom. The van der Waals surface area contributed by atoms with Crippen molar-refractivity contribution in [1.82, 2.24) is 9.80 Å². The summed E-state index contributed by atoms with van der Waals surface area (Å²) < 4.78 is 0. The monoisotopic (exact) mass is 281 g/mol. The van der Waals surface area contributed by atoms with Crippen LogP contribution in [0.2, 0.25) is 0 Å². The highest BCUT2D eigenvalue weighted by atomic mass is 16.2. The van der Waals surface area contributed by atoms with Crippen molar-refractivity contribution in [2.75, 3.05) is 19.6 Å². The highest BCUT2D eigenvalue weighted by Crippen LogP contribution is 2.22. The van der Waals surface area contributed by atoms with Gasteiger partial charge in [0.2, 0.25) is 11.8 Å². The van der Waals surface area contributed by atoms with Crippen molar-refractivity contribution in [3.63, 3.8) is 0 Å². The second-order valence-corrected chi connectivity index (χ2v) is 6.04. The number of carbonyl (C=O) groups is 2. The number of amides is 2. The Morgan fingerprint density at radius 3 is 2.25 bits per heavy atom. The summed E-state index contributed by atoms with van der Waals surface area (Å²) in [5.74, 6) is -0.00534. The van der Waals surface area contributed by atoms with E-state index in [-0.39, 0.29) is 11.8 Å². The fourth-order valence-electron chi connectivity index (χ4n) is 3.33. The Kier molecular flexibility index (Phi) is 5.54. The van der Waals surface area contributed by atoms with Crippen LogP contribution in [0.15, 0.2) is 0 Å². The normalized spacial score (nSPS) is 27.6. The summed E-state index contributed by atoms with van der Waals surface area (Å²) in [7, 11) is 0. The molecule has 0 bridgehead atoms. The third kappa shape index (κ3) is 3.79. The zero-order chi connectivity index (χ0) is 14.5. The summed E-state index contributed by atoms with van der Waals surface area (Å²) in [5.41, 5.74) is 5.96. The number of carbonyl (C=O) groups excluding carboxylic acids is 2. The zero-order valence-electron chi connectivity index (χ0n) is 12.5. The van der Waals surface area contributed by atoms with Crippen LogP contribution in [0, 0.1) is 0 Å². The fraction of sp³-hybridized carbons (Fsp3) is 0.867.